The van der Waals surface area contributed by atoms with Gasteiger partial charge in [0.05, 0.1) is 12.2 Å². The fourth-order valence-electron chi connectivity index (χ4n) is 1.66. The molecule has 1 aliphatic rings. The molecule has 2 heterocycles. The third-order valence-corrected chi connectivity index (χ3v) is 3.94. The predicted molar refractivity (Wildman–Crippen MR) is 74.7 cm³/mol. The van der Waals surface area contributed by atoms with Crippen molar-refractivity contribution in [1.29, 1.82) is 0 Å². The number of thiophene rings is 1. The Morgan fingerprint density at radius 3 is 3.10 bits per heavy atom. The van der Waals surface area contributed by atoms with Gasteiger partial charge in [-0.2, -0.15) is 0 Å². The van der Waals surface area contributed by atoms with Crippen LogP contribution in [-0.4, -0.2) is 41.5 Å². The van der Waals surface area contributed by atoms with E-state index >= 15 is 0 Å². The molecule has 0 unspecified atom stereocenters. The molecule has 1 N–H and O–H groups in total. The number of guanidine groups is 1. The van der Waals surface area contributed by atoms with Crippen LogP contribution in [0.1, 0.15) is 5.56 Å². The summed E-state index contributed by atoms with van der Waals surface area (Å²) in [6, 6.07) is 0. The van der Waals surface area contributed by atoms with Crippen molar-refractivity contribution < 1.29 is 14.7 Å². The number of carbonyl (C=O) groups is 1. The second kappa shape index (κ2) is 6.06. The number of hydrogen-bond donors (Lipinski definition) is 1. The maximum absolute atomic E-state index is 11.8. The van der Waals surface area contributed by atoms with Gasteiger partial charge in [-0.1, -0.05) is 11.6 Å². The molecule has 0 aromatic carbocycles. The lowest BCUT2D eigenvalue weighted by Crippen LogP contribution is -2.40. The lowest BCUT2D eigenvalue weighted by atomic mass is 10.3. The monoisotopic (exact) mass is 318 g/mol. The number of hydrogen-bond acceptors (Lipinski definition) is 7. The van der Waals surface area contributed by atoms with E-state index in [1.165, 1.54) is 16.2 Å². The third-order valence-electron chi connectivity index (χ3n) is 2.60. The van der Waals surface area contributed by atoms with Gasteiger partial charge >= 0.3 is 0 Å². The van der Waals surface area contributed by atoms with Gasteiger partial charge in [-0.15, -0.1) is 21.5 Å². The van der Waals surface area contributed by atoms with Crippen molar-refractivity contribution in [2.24, 2.45) is 4.99 Å². The van der Waals surface area contributed by atoms with Crippen molar-refractivity contribution >= 4 is 40.5 Å². The van der Waals surface area contributed by atoms with E-state index in [-0.39, 0.29) is 0 Å². The van der Waals surface area contributed by atoms with Gasteiger partial charge in [0, 0.05) is 6.54 Å². The number of nitrogens with zero attached hydrogens (tertiary/aromatic N) is 3. The summed E-state index contributed by atoms with van der Waals surface area (Å²) in [7, 11) is 0. The number of aryl methyl sites for hydroxylation is 1. The van der Waals surface area contributed by atoms with Crippen LogP contribution >= 0.6 is 22.9 Å². The molecular formula is C10H11ClN4O4S. The zero-order chi connectivity index (χ0) is 14.7. The summed E-state index contributed by atoms with van der Waals surface area (Å²) >= 11 is 7.41. The van der Waals surface area contributed by atoms with E-state index in [0.29, 0.717) is 29.1 Å². The number of anilines is 1. The summed E-state index contributed by atoms with van der Waals surface area (Å²) in [5.74, 6) is -0.209. The van der Waals surface area contributed by atoms with E-state index in [0.717, 1.165) is 5.56 Å². The minimum Gasteiger partial charge on any atom is -0.324 e. The van der Waals surface area contributed by atoms with Crippen LogP contribution in [0, 0.1) is 17.0 Å². The van der Waals surface area contributed by atoms with Crippen LogP contribution in [0.4, 0.5) is 5.69 Å². The quantitative estimate of drug-likeness (QED) is 0.670. The van der Waals surface area contributed by atoms with Crippen molar-refractivity contribution in [1.82, 2.24) is 4.90 Å². The van der Waals surface area contributed by atoms with Gasteiger partial charge in [0.2, 0.25) is 5.96 Å². The van der Waals surface area contributed by atoms with Crippen LogP contribution in [0.25, 0.3) is 0 Å². The molecule has 1 aromatic heterocycles. The maximum Gasteiger partial charge on any atom is 0.295 e. The molecular weight excluding hydrogens is 308 g/mol. The van der Waals surface area contributed by atoms with Crippen molar-refractivity contribution in [2.45, 2.75) is 6.92 Å². The average Bonchev–Trinajstić information content (AvgIpc) is 2.98. The van der Waals surface area contributed by atoms with E-state index in [9.17, 15) is 14.9 Å². The van der Waals surface area contributed by atoms with Gasteiger partial charge in [-0.25, -0.2) is 0 Å². The molecule has 0 spiro atoms. The molecule has 1 aliphatic heterocycles. The Morgan fingerprint density at radius 2 is 2.50 bits per heavy atom. The summed E-state index contributed by atoms with van der Waals surface area (Å²) in [6.45, 7) is 2.02. The lowest BCUT2D eigenvalue weighted by Gasteiger charge is -2.18. The first-order valence-corrected chi connectivity index (χ1v) is 6.87. The minimum absolute atomic E-state index is 0.324. The molecule has 0 saturated carbocycles. The Kier molecular flexibility index (Phi) is 4.40. The van der Waals surface area contributed by atoms with Gasteiger partial charge in [0.25, 0.3) is 11.0 Å². The van der Waals surface area contributed by atoms with E-state index < -0.39 is 17.6 Å². The zero-order valence-corrected chi connectivity index (χ0v) is 12.0. The summed E-state index contributed by atoms with van der Waals surface area (Å²) in [5, 5.41) is 14.0. The largest absolute Gasteiger partial charge is 0.324 e. The zero-order valence-electron chi connectivity index (χ0n) is 10.5. The molecule has 10 heteroatoms. The summed E-state index contributed by atoms with van der Waals surface area (Å²) in [6.07, 6.45) is 0. The molecule has 0 saturated heterocycles. The molecule has 0 atom stereocenters. The van der Waals surface area contributed by atoms with E-state index in [4.69, 9.17) is 11.6 Å². The van der Waals surface area contributed by atoms with E-state index in [1.54, 1.807) is 0 Å². The highest BCUT2D eigenvalue weighted by Crippen LogP contribution is 2.32. The first-order valence-electron chi connectivity index (χ1n) is 5.61. The van der Waals surface area contributed by atoms with Crippen LogP contribution in [0.5, 0.6) is 0 Å². The minimum atomic E-state index is -1.00. The normalized spacial score (nSPS) is 14.1. The average molecular weight is 319 g/mol. The van der Waals surface area contributed by atoms with Crippen molar-refractivity contribution in [3.8, 4) is 0 Å². The maximum atomic E-state index is 11.8. The fraction of sp³-hybridized carbons (Fsp3) is 0.400. The Morgan fingerprint density at radius 1 is 1.75 bits per heavy atom. The predicted octanol–water partition coefficient (Wildman–Crippen LogP) is 1.53. The van der Waals surface area contributed by atoms with Crippen LogP contribution in [0.3, 0.4) is 0 Å². The van der Waals surface area contributed by atoms with Crippen LogP contribution < -0.4 is 5.32 Å². The van der Waals surface area contributed by atoms with E-state index in [1.807, 2.05) is 12.3 Å². The molecule has 0 fully saturated rings. The fourth-order valence-corrected chi connectivity index (χ4v) is 2.71. The van der Waals surface area contributed by atoms with Crippen LogP contribution in [0.2, 0.25) is 4.34 Å². The highest BCUT2D eigenvalue weighted by atomic mass is 35.5. The highest BCUT2D eigenvalue weighted by molar-refractivity contribution is 7.15. The molecule has 0 radical (unpaired) electrons. The molecule has 2 rings (SSSR count). The molecule has 0 aliphatic carbocycles. The molecule has 20 heavy (non-hydrogen) atoms. The van der Waals surface area contributed by atoms with Crippen LogP contribution in [-0.2, 0) is 9.63 Å². The molecule has 0 bridgehead atoms. The SMILES string of the molecule is Cc1csc(Cl)c1NC1=NCCN1C(=O)CO[N+](=O)[O-]. The number of nitrogens with one attached hydrogen (secondary N) is 1. The van der Waals surface area contributed by atoms with Crippen molar-refractivity contribution in [2.75, 3.05) is 25.0 Å². The Balaban J connectivity index is 2.04. The summed E-state index contributed by atoms with van der Waals surface area (Å²) in [5.41, 5.74) is 1.62. The smallest absolute Gasteiger partial charge is 0.295 e. The standard InChI is InChI=1S/C10H11ClN4O4S/c1-6-5-20-9(11)8(6)13-10-12-2-3-14(10)7(16)4-19-15(17)18/h5H,2-4H2,1H3,(H,12,13). The molecule has 1 aromatic rings. The van der Waals surface area contributed by atoms with Gasteiger partial charge in [-0.3, -0.25) is 14.7 Å². The molecule has 8 nitrogen and oxygen atoms in total. The Bertz CT molecular complexity index is 554. The second-order valence-corrected chi connectivity index (χ2v) is 5.42. The first-order chi connectivity index (χ1) is 9.49. The molecule has 1 amide bonds. The van der Waals surface area contributed by atoms with Crippen molar-refractivity contribution in [3.05, 3.63) is 25.4 Å². The number of aliphatic imine (C=N–C) groups is 1. The van der Waals surface area contributed by atoms with Gasteiger partial charge in [0.1, 0.15) is 4.34 Å². The van der Waals surface area contributed by atoms with E-state index in [2.05, 4.69) is 15.1 Å². The summed E-state index contributed by atoms with van der Waals surface area (Å²) < 4.78 is 0.561. The number of carbonyl (C=O) groups excluding carboxylic acids is 1. The molecule has 108 valence electrons. The van der Waals surface area contributed by atoms with Crippen LogP contribution in [0.15, 0.2) is 10.4 Å². The number of rotatable bonds is 4. The lowest BCUT2D eigenvalue weighted by molar-refractivity contribution is -0.754. The summed E-state index contributed by atoms with van der Waals surface area (Å²) in [4.78, 5) is 31.4. The first kappa shape index (κ1) is 14.5. The van der Waals surface area contributed by atoms with Gasteiger partial charge in [0.15, 0.2) is 6.61 Å². The number of amides is 1. The van der Waals surface area contributed by atoms with Gasteiger partial charge in [-0.05, 0) is 17.9 Å². The van der Waals surface area contributed by atoms with Crippen molar-refractivity contribution in [3.63, 3.8) is 0 Å². The Labute approximate surface area is 123 Å². The highest BCUT2D eigenvalue weighted by Gasteiger charge is 2.25. The Hall–Kier alpha value is -1.87. The number of halogens is 1. The van der Waals surface area contributed by atoms with Gasteiger partial charge < -0.3 is 10.2 Å². The second-order valence-electron chi connectivity index (χ2n) is 3.94. The third kappa shape index (κ3) is 3.17. The topological polar surface area (TPSA) is 97.1 Å².